The molecule has 1 aliphatic rings. The van der Waals surface area contributed by atoms with E-state index in [0.717, 1.165) is 12.1 Å². The molecule has 1 fully saturated rings. The number of likely N-dealkylation sites (N-methyl/N-ethyl adjacent to an activating group) is 1. The molecular formula is C21H21F3N2O4. The van der Waals surface area contributed by atoms with Crippen molar-refractivity contribution in [2.24, 2.45) is 0 Å². The fourth-order valence-electron chi connectivity index (χ4n) is 3.32. The summed E-state index contributed by atoms with van der Waals surface area (Å²) in [4.78, 5) is 26.1. The minimum Gasteiger partial charge on any atom is -0.495 e. The molecular weight excluding hydrogens is 401 g/mol. The van der Waals surface area contributed by atoms with Crippen LogP contribution in [0.4, 0.5) is 18.9 Å². The van der Waals surface area contributed by atoms with Crippen LogP contribution in [0.15, 0.2) is 42.5 Å². The zero-order chi connectivity index (χ0) is 21.9. The number of carbonyl (C=O) groups is 2. The highest BCUT2D eigenvalue weighted by Crippen LogP contribution is 2.34. The summed E-state index contributed by atoms with van der Waals surface area (Å²) in [6.07, 6.45) is -3.67. The number of nitrogens with one attached hydrogen (secondary N) is 1. The molecule has 1 atom stereocenters. The van der Waals surface area contributed by atoms with Crippen LogP contribution in [-0.4, -0.2) is 36.4 Å². The number of hydrogen-bond donors (Lipinski definition) is 1. The van der Waals surface area contributed by atoms with Gasteiger partial charge in [-0.05, 0) is 49.7 Å². The summed E-state index contributed by atoms with van der Waals surface area (Å²) >= 11 is 0. The lowest BCUT2D eigenvalue weighted by Crippen LogP contribution is -2.41. The van der Waals surface area contributed by atoms with Crippen LogP contribution in [0.5, 0.6) is 17.2 Å². The van der Waals surface area contributed by atoms with Crippen LogP contribution in [0.25, 0.3) is 0 Å². The number of likely N-dealkylation sites (tertiary alicyclic amines) is 1. The number of amides is 2. The van der Waals surface area contributed by atoms with E-state index in [4.69, 9.17) is 9.47 Å². The van der Waals surface area contributed by atoms with Crippen LogP contribution in [-0.2, 0) is 15.8 Å². The average molecular weight is 422 g/mol. The topological polar surface area (TPSA) is 67.9 Å². The van der Waals surface area contributed by atoms with Gasteiger partial charge in [-0.2, -0.15) is 13.2 Å². The Morgan fingerprint density at radius 1 is 1.17 bits per heavy atom. The first-order valence-corrected chi connectivity index (χ1v) is 9.36. The second-order valence-corrected chi connectivity index (χ2v) is 6.71. The van der Waals surface area contributed by atoms with Crippen molar-refractivity contribution in [3.05, 3.63) is 48.0 Å². The summed E-state index contributed by atoms with van der Waals surface area (Å²) in [5.74, 6) is 0.497. The third kappa shape index (κ3) is 4.67. The molecule has 0 bridgehead atoms. The number of ether oxygens (including phenoxy) is 2. The summed E-state index contributed by atoms with van der Waals surface area (Å²) < 4.78 is 49.0. The number of anilines is 1. The Hall–Kier alpha value is -3.23. The smallest absolute Gasteiger partial charge is 0.416 e. The van der Waals surface area contributed by atoms with Crippen molar-refractivity contribution in [2.45, 2.75) is 32.0 Å². The SMILES string of the molecule is CCN1C(=O)CCC1C(=O)Nc1cc(Oc2ccc(C(F)(F)F)cc2)ccc1OC. The molecule has 0 saturated carbocycles. The fraction of sp³-hybridized carbons (Fsp3) is 0.333. The maximum Gasteiger partial charge on any atom is 0.416 e. The normalized spacial score (nSPS) is 16.5. The summed E-state index contributed by atoms with van der Waals surface area (Å²) in [7, 11) is 1.44. The number of benzene rings is 2. The number of halogens is 3. The van der Waals surface area contributed by atoms with E-state index in [0.29, 0.717) is 36.6 Å². The van der Waals surface area contributed by atoms with Gasteiger partial charge in [0.2, 0.25) is 11.8 Å². The van der Waals surface area contributed by atoms with Gasteiger partial charge in [0.15, 0.2) is 0 Å². The third-order valence-electron chi connectivity index (χ3n) is 4.82. The predicted molar refractivity (Wildman–Crippen MR) is 104 cm³/mol. The van der Waals surface area contributed by atoms with Crippen LogP contribution in [0.3, 0.4) is 0 Å². The Labute approximate surface area is 171 Å². The number of methoxy groups -OCH3 is 1. The van der Waals surface area contributed by atoms with E-state index in [2.05, 4.69) is 5.32 Å². The summed E-state index contributed by atoms with van der Waals surface area (Å²) in [5, 5.41) is 2.76. The summed E-state index contributed by atoms with van der Waals surface area (Å²) in [6, 6.07) is 8.39. The highest BCUT2D eigenvalue weighted by molar-refractivity contribution is 6.00. The maximum absolute atomic E-state index is 12.7. The first-order chi connectivity index (χ1) is 14.2. The van der Waals surface area contributed by atoms with Crippen LogP contribution in [0.2, 0.25) is 0 Å². The largest absolute Gasteiger partial charge is 0.495 e. The Kier molecular flexibility index (Phi) is 6.19. The first kappa shape index (κ1) is 21.5. The zero-order valence-electron chi connectivity index (χ0n) is 16.5. The van der Waals surface area contributed by atoms with Crippen LogP contribution in [0, 0.1) is 0 Å². The molecule has 1 N–H and O–H groups in total. The van der Waals surface area contributed by atoms with Gasteiger partial charge in [-0.15, -0.1) is 0 Å². The second kappa shape index (κ2) is 8.64. The van der Waals surface area contributed by atoms with Crippen LogP contribution < -0.4 is 14.8 Å². The fourth-order valence-corrected chi connectivity index (χ4v) is 3.32. The Balaban J connectivity index is 1.77. The van der Waals surface area contributed by atoms with Crippen molar-refractivity contribution in [1.82, 2.24) is 4.90 Å². The van der Waals surface area contributed by atoms with E-state index in [1.807, 2.05) is 6.92 Å². The second-order valence-electron chi connectivity index (χ2n) is 6.71. The standard InChI is InChI=1S/C21H21F3N2O4/c1-3-26-17(9-11-19(26)27)20(28)25-16-12-15(8-10-18(16)29-2)30-14-6-4-13(5-7-14)21(22,23)24/h4-8,10,12,17H,3,9,11H2,1-2H3,(H,25,28). The lowest BCUT2D eigenvalue weighted by atomic mass is 10.2. The monoisotopic (exact) mass is 422 g/mol. The molecule has 3 rings (SSSR count). The number of hydrogen-bond acceptors (Lipinski definition) is 4. The van der Waals surface area contributed by atoms with Gasteiger partial charge in [-0.25, -0.2) is 0 Å². The molecule has 30 heavy (non-hydrogen) atoms. The molecule has 0 radical (unpaired) electrons. The molecule has 1 aliphatic heterocycles. The summed E-state index contributed by atoms with van der Waals surface area (Å²) in [6.45, 7) is 2.24. The van der Waals surface area contributed by atoms with Gasteiger partial charge in [-0.1, -0.05) is 0 Å². The van der Waals surface area contributed by atoms with Gasteiger partial charge in [-0.3, -0.25) is 9.59 Å². The molecule has 2 aromatic rings. The minimum atomic E-state index is -4.43. The average Bonchev–Trinajstić information content (AvgIpc) is 3.08. The van der Waals surface area contributed by atoms with Gasteiger partial charge in [0.05, 0.1) is 18.4 Å². The van der Waals surface area contributed by atoms with Gasteiger partial charge in [0.1, 0.15) is 23.3 Å². The van der Waals surface area contributed by atoms with Crippen molar-refractivity contribution in [2.75, 3.05) is 19.0 Å². The predicted octanol–water partition coefficient (Wildman–Crippen LogP) is 4.46. The zero-order valence-corrected chi connectivity index (χ0v) is 16.5. The van der Waals surface area contributed by atoms with E-state index in [1.165, 1.54) is 30.2 Å². The molecule has 2 amide bonds. The molecule has 9 heteroatoms. The van der Waals surface area contributed by atoms with E-state index in [-0.39, 0.29) is 17.6 Å². The van der Waals surface area contributed by atoms with Gasteiger partial charge < -0.3 is 19.7 Å². The first-order valence-electron chi connectivity index (χ1n) is 9.36. The Morgan fingerprint density at radius 2 is 1.83 bits per heavy atom. The molecule has 1 unspecified atom stereocenters. The van der Waals surface area contributed by atoms with Gasteiger partial charge in [0, 0.05) is 19.0 Å². The van der Waals surface area contributed by atoms with Gasteiger partial charge >= 0.3 is 6.18 Å². The molecule has 1 heterocycles. The Morgan fingerprint density at radius 3 is 2.43 bits per heavy atom. The van der Waals surface area contributed by atoms with Crippen molar-refractivity contribution in [1.29, 1.82) is 0 Å². The quantitative estimate of drug-likeness (QED) is 0.747. The maximum atomic E-state index is 12.7. The molecule has 6 nitrogen and oxygen atoms in total. The number of nitrogens with zero attached hydrogens (tertiary/aromatic N) is 1. The molecule has 0 spiro atoms. The highest BCUT2D eigenvalue weighted by atomic mass is 19.4. The number of carbonyl (C=O) groups excluding carboxylic acids is 2. The Bertz CT molecular complexity index is 929. The highest BCUT2D eigenvalue weighted by Gasteiger charge is 2.35. The summed E-state index contributed by atoms with van der Waals surface area (Å²) in [5.41, 5.74) is -0.438. The molecule has 0 aromatic heterocycles. The van der Waals surface area contributed by atoms with Crippen LogP contribution >= 0.6 is 0 Å². The van der Waals surface area contributed by atoms with Crippen molar-refractivity contribution in [3.8, 4) is 17.2 Å². The molecule has 160 valence electrons. The third-order valence-corrected chi connectivity index (χ3v) is 4.82. The van der Waals surface area contributed by atoms with Crippen molar-refractivity contribution in [3.63, 3.8) is 0 Å². The van der Waals surface area contributed by atoms with E-state index in [1.54, 1.807) is 12.1 Å². The van der Waals surface area contributed by atoms with Gasteiger partial charge in [0.25, 0.3) is 0 Å². The van der Waals surface area contributed by atoms with Crippen molar-refractivity contribution < 1.29 is 32.2 Å². The van der Waals surface area contributed by atoms with E-state index < -0.39 is 17.8 Å². The minimum absolute atomic E-state index is 0.0657. The van der Waals surface area contributed by atoms with Crippen LogP contribution in [0.1, 0.15) is 25.3 Å². The lowest BCUT2D eigenvalue weighted by Gasteiger charge is -2.23. The number of alkyl halides is 3. The molecule has 2 aromatic carbocycles. The molecule has 0 aliphatic carbocycles. The van der Waals surface area contributed by atoms with E-state index >= 15 is 0 Å². The number of rotatable bonds is 6. The van der Waals surface area contributed by atoms with E-state index in [9.17, 15) is 22.8 Å². The van der Waals surface area contributed by atoms with Crippen molar-refractivity contribution >= 4 is 17.5 Å². The lowest BCUT2D eigenvalue weighted by molar-refractivity contribution is -0.137. The molecule has 1 saturated heterocycles.